The molecular weight excluding hydrogens is 304 g/mol. The van der Waals surface area contributed by atoms with Crippen LogP contribution < -0.4 is 8.92 Å². The average molecular weight is 318 g/mol. The lowest BCUT2D eigenvalue weighted by atomic mass is 10.3. The molecule has 1 aromatic heterocycles. The molecule has 0 aliphatic heterocycles. The molecule has 0 aliphatic rings. The molecule has 0 atom stereocenters. The average Bonchev–Trinajstić information content (AvgIpc) is 2.88. The molecule has 0 radical (unpaired) electrons. The monoisotopic (exact) mass is 318 g/mol. The molecule has 0 saturated carbocycles. The number of hydrogen-bond acceptors (Lipinski definition) is 5. The van der Waals surface area contributed by atoms with Gasteiger partial charge >= 0.3 is 10.1 Å². The van der Waals surface area contributed by atoms with Crippen molar-refractivity contribution in [3.63, 3.8) is 0 Å². The summed E-state index contributed by atoms with van der Waals surface area (Å²) < 4.78 is 36.5. The normalized spacial score (nSPS) is 11.5. The first-order valence-corrected chi connectivity index (χ1v) is 7.90. The second-order valence-electron chi connectivity index (χ2n) is 4.72. The van der Waals surface area contributed by atoms with Gasteiger partial charge in [0, 0.05) is 13.1 Å². The Morgan fingerprint density at radius 3 is 2.41 bits per heavy atom. The molecule has 0 spiro atoms. The minimum Gasteiger partial charge on any atom is -0.497 e. The first-order valence-electron chi connectivity index (χ1n) is 6.49. The number of benzene rings is 2. The van der Waals surface area contributed by atoms with Gasteiger partial charge in [-0.2, -0.15) is 8.42 Å². The third kappa shape index (κ3) is 2.62. The molecule has 0 amide bonds. The molecule has 22 heavy (non-hydrogen) atoms. The van der Waals surface area contributed by atoms with Crippen LogP contribution in [0.15, 0.2) is 53.7 Å². The van der Waals surface area contributed by atoms with E-state index in [0.717, 1.165) is 5.52 Å². The summed E-state index contributed by atoms with van der Waals surface area (Å²) in [5, 5.41) is 0. The Labute approximate surface area is 128 Å². The fourth-order valence-corrected chi connectivity index (χ4v) is 3.01. The summed E-state index contributed by atoms with van der Waals surface area (Å²) in [5.41, 5.74) is 1.57. The molecule has 0 unspecified atom stereocenters. The first kappa shape index (κ1) is 14.4. The van der Waals surface area contributed by atoms with Gasteiger partial charge in [0.15, 0.2) is 0 Å². The highest BCUT2D eigenvalue weighted by atomic mass is 32.2. The van der Waals surface area contributed by atoms with Crippen molar-refractivity contribution in [3.8, 4) is 11.5 Å². The largest absolute Gasteiger partial charge is 0.497 e. The molecule has 0 fully saturated rings. The van der Waals surface area contributed by atoms with E-state index in [1.807, 2.05) is 11.6 Å². The van der Waals surface area contributed by atoms with E-state index in [9.17, 15) is 8.42 Å². The predicted octanol–water partition coefficient (Wildman–Crippen LogP) is 2.35. The van der Waals surface area contributed by atoms with Crippen LogP contribution in [0.25, 0.3) is 11.0 Å². The molecule has 114 valence electrons. The van der Waals surface area contributed by atoms with Gasteiger partial charge in [0.25, 0.3) is 0 Å². The number of nitrogens with zero attached hydrogens (tertiary/aromatic N) is 2. The second-order valence-corrected chi connectivity index (χ2v) is 6.27. The molecular formula is C15H14N2O4S. The number of aromatic nitrogens is 2. The van der Waals surface area contributed by atoms with E-state index in [-0.39, 0.29) is 10.6 Å². The van der Waals surface area contributed by atoms with Crippen LogP contribution in [0.2, 0.25) is 0 Å². The minimum absolute atomic E-state index is 0.0643. The van der Waals surface area contributed by atoms with E-state index in [0.29, 0.717) is 11.3 Å². The van der Waals surface area contributed by atoms with Crippen molar-refractivity contribution >= 4 is 21.2 Å². The highest BCUT2D eigenvalue weighted by molar-refractivity contribution is 7.87. The van der Waals surface area contributed by atoms with Crippen molar-refractivity contribution in [2.45, 2.75) is 4.90 Å². The lowest BCUT2D eigenvalue weighted by molar-refractivity contribution is 0.414. The molecule has 0 saturated heterocycles. The Kier molecular flexibility index (Phi) is 3.50. The number of ether oxygens (including phenoxy) is 1. The van der Waals surface area contributed by atoms with Crippen molar-refractivity contribution in [2.24, 2.45) is 7.05 Å². The number of methoxy groups -OCH3 is 1. The second kappa shape index (κ2) is 5.34. The molecule has 3 aromatic rings. The van der Waals surface area contributed by atoms with E-state index in [1.165, 1.54) is 19.2 Å². The van der Waals surface area contributed by atoms with Crippen LogP contribution >= 0.6 is 0 Å². The topological polar surface area (TPSA) is 70.4 Å². The lowest BCUT2D eigenvalue weighted by Gasteiger charge is -2.08. The van der Waals surface area contributed by atoms with Gasteiger partial charge in [0.05, 0.1) is 24.5 Å². The van der Waals surface area contributed by atoms with Crippen molar-refractivity contribution in [2.75, 3.05) is 7.11 Å². The fourth-order valence-electron chi connectivity index (χ4n) is 2.08. The minimum atomic E-state index is -3.89. The van der Waals surface area contributed by atoms with Crippen LogP contribution in [0.4, 0.5) is 0 Å². The summed E-state index contributed by atoms with van der Waals surface area (Å²) in [4.78, 5) is 4.24. The molecule has 1 heterocycles. The Balaban J connectivity index is 1.91. The number of fused-ring (bicyclic) bond motifs is 1. The van der Waals surface area contributed by atoms with Crippen molar-refractivity contribution in [3.05, 3.63) is 48.8 Å². The fraction of sp³-hybridized carbons (Fsp3) is 0.133. The van der Waals surface area contributed by atoms with Gasteiger partial charge in [-0.05, 0) is 36.4 Å². The quantitative estimate of drug-likeness (QED) is 0.691. The van der Waals surface area contributed by atoms with Crippen molar-refractivity contribution in [1.29, 1.82) is 0 Å². The molecule has 6 nitrogen and oxygen atoms in total. The summed E-state index contributed by atoms with van der Waals surface area (Å²) in [6.07, 6.45) is 1.66. The van der Waals surface area contributed by atoms with Crippen LogP contribution in [0, 0.1) is 0 Å². The molecule has 0 bridgehead atoms. The van der Waals surface area contributed by atoms with Crippen LogP contribution in [-0.2, 0) is 17.2 Å². The Morgan fingerprint density at radius 1 is 1.05 bits per heavy atom. The lowest BCUT2D eigenvalue weighted by Crippen LogP contribution is -2.09. The molecule has 7 heteroatoms. The van der Waals surface area contributed by atoms with Gasteiger partial charge in [-0.15, -0.1) is 0 Å². The Hall–Kier alpha value is -2.54. The summed E-state index contributed by atoms with van der Waals surface area (Å²) >= 11 is 0. The third-order valence-electron chi connectivity index (χ3n) is 3.25. The molecule has 0 aliphatic carbocycles. The zero-order valence-corrected chi connectivity index (χ0v) is 12.9. The Morgan fingerprint density at radius 2 is 1.73 bits per heavy atom. The zero-order chi connectivity index (χ0) is 15.7. The first-order chi connectivity index (χ1) is 10.5. The summed E-state index contributed by atoms with van der Waals surface area (Å²) in [6, 6.07) is 11.0. The number of hydrogen-bond donors (Lipinski definition) is 0. The van der Waals surface area contributed by atoms with Crippen LogP contribution in [0.3, 0.4) is 0 Å². The Bertz CT molecular complexity index is 914. The summed E-state index contributed by atoms with van der Waals surface area (Å²) in [7, 11) is -0.509. The van der Waals surface area contributed by atoms with Gasteiger partial charge in [-0.3, -0.25) is 0 Å². The van der Waals surface area contributed by atoms with Gasteiger partial charge < -0.3 is 13.5 Å². The molecule has 0 N–H and O–H groups in total. The van der Waals surface area contributed by atoms with E-state index in [1.54, 1.807) is 36.7 Å². The number of rotatable bonds is 4. The maximum Gasteiger partial charge on any atom is 0.339 e. The summed E-state index contributed by atoms with van der Waals surface area (Å²) in [5.74, 6) is 0.802. The van der Waals surface area contributed by atoms with Gasteiger partial charge in [-0.25, -0.2) is 4.98 Å². The van der Waals surface area contributed by atoms with Crippen molar-refractivity contribution in [1.82, 2.24) is 9.55 Å². The molecule has 2 aromatic carbocycles. The van der Waals surface area contributed by atoms with E-state index < -0.39 is 10.1 Å². The van der Waals surface area contributed by atoms with Crippen LogP contribution in [-0.4, -0.2) is 25.1 Å². The maximum absolute atomic E-state index is 12.3. The van der Waals surface area contributed by atoms with Crippen molar-refractivity contribution < 1.29 is 17.3 Å². The highest BCUT2D eigenvalue weighted by Crippen LogP contribution is 2.24. The highest BCUT2D eigenvalue weighted by Gasteiger charge is 2.17. The van der Waals surface area contributed by atoms with Crippen LogP contribution in [0.1, 0.15) is 0 Å². The van der Waals surface area contributed by atoms with E-state index in [4.69, 9.17) is 8.92 Å². The third-order valence-corrected chi connectivity index (χ3v) is 4.51. The van der Waals surface area contributed by atoms with Crippen LogP contribution in [0.5, 0.6) is 11.5 Å². The zero-order valence-electron chi connectivity index (χ0n) is 12.1. The predicted molar refractivity (Wildman–Crippen MR) is 81.5 cm³/mol. The number of aryl methyl sites for hydroxylation is 1. The standard InChI is InChI=1S/C15H14N2O4S/c1-17-10-16-14-9-12(5-8-15(14)17)21-22(18,19)13-6-3-11(20-2)4-7-13/h3-10H,1-2H3. The van der Waals surface area contributed by atoms with Gasteiger partial charge in [0.1, 0.15) is 16.4 Å². The van der Waals surface area contributed by atoms with Gasteiger partial charge in [-0.1, -0.05) is 0 Å². The van der Waals surface area contributed by atoms with E-state index >= 15 is 0 Å². The van der Waals surface area contributed by atoms with Gasteiger partial charge in [0.2, 0.25) is 0 Å². The SMILES string of the molecule is COc1ccc(S(=O)(=O)Oc2ccc3c(c2)ncn3C)cc1. The summed E-state index contributed by atoms with van der Waals surface area (Å²) in [6.45, 7) is 0. The maximum atomic E-state index is 12.3. The van der Waals surface area contributed by atoms with E-state index in [2.05, 4.69) is 4.98 Å². The molecule has 3 rings (SSSR count). The smallest absolute Gasteiger partial charge is 0.339 e. The number of imidazole rings is 1.